The van der Waals surface area contributed by atoms with Gasteiger partial charge in [-0.05, 0) is 50.5 Å². The maximum Gasteiger partial charge on any atom is 0.320 e. The van der Waals surface area contributed by atoms with Crippen molar-refractivity contribution in [2.24, 2.45) is 0 Å². The first-order valence-electron chi connectivity index (χ1n) is 13.2. The van der Waals surface area contributed by atoms with Crippen molar-refractivity contribution in [1.82, 2.24) is 19.8 Å². The zero-order valence-corrected chi connectivity index (χ0v) is 24.3. The van der Waals surface area contributed by atoms with E-state index in [0.717, 1.165) is 54.7 Å². The van der Waals surface area contributed by atoms with Crippen LogP contribution in [-0.4, -0.2) is 84.1 Å². The van der Waals surface area contributed by atoms with Crippen LogP contribution in [0.2, 0.25) is 0 Å². The molecule has 40 heavy (non-hydrogen) atoms. The molecule has 0 aliphatic carbocycles. The van der Waals surface area contributed by atoms with Crippen LogP contribution >= 0.6 is 15.9 Å². The second kappa shape index (κ2) is 14.6. The summed E-state index contributed by atoms with van der Waals surface area (Å²) >= 11 is 3.49. The Balaban J connectivity index is 1.41. The van der Waals surface area contributed by atoms with Crippen molar-refractivity contribution >= 4 is 55.9 Å². The number of rotatable bonds is 11. The zero-order valence-electron chi connectivity index (χ0n) is 22.7. The molecule has 11 heteroatoms. The lowest BCUT2D eigenvalue weighted by Gasteiger charge is -2.34. The van der Waals surface area contributed by atoms with Crippen molar-refractivity contribution in [3.05, 3.63) is 47.2 Å². The Morgan fingerprint density at radius 2 is 1.90 bits per heavy atom. The van der Waals surface area contributed by atoms with Crippen LogP contribution in [0.3, 0.4) is 0 Å². The SMILES string of the molecule is CC#CC(=O)Nc1cc2c(Nc3cccc(Br)c3)ncnc2cc1OCCCN1CCN(CC(=O)OCC)CC1. The van der Waals surface area contributed by atoms with Crippen LogP contribution in [0.15, 0.2) is 47.2 Å². The number of piperazine rings is 1. The van der Waals surface area contributed by atoms with Gasteiger partial charge in [-0.1, -0.05) is 27.9 Å². The van der Waals surface area contributed by atoms with Gasteiger partial charge in [0.05, 0.1) is 31.0 Å². The van der Waals surface area contributed by atoms with Crippen molar-refractivity contribution in [2.75, 3.05) is 63.1 Å². The largest absolute Gasteiger partial charge is 0.491 e. The topological polar surface area (TPSA) is 109 Å². The van der Waals surface area contributed by atoms with Crippen molar-refractivity contribution in [3.8, 4) is 17.6 Å². The van der Waals surface area contributed by atoms with E-state index in [1.165, 1.54) is 6.33 Å². The van der Waals surface area contributed by atoms with E-state index in [1.54, 1.807) is 6.92 Å². The van der Waals surface area contributed by atoms with E-state index in [1.807, 2.05) is 43.3 Å². The van der Waals surface area contributed by atoms with E-state index < -0.39 is 5.91 Å². The summed E-state index contributed by atoms with van der Waals surface area (Å²) in [5.74, 6) is 5.66. The molecule has 0 bridgehead atoms. The molecule has 2 aromatic carbocycles. The molecular formula is C29H33BrN6O4. The van der Waals surface area contributed by atoms with Crippen LogP contribution < -0.4 is 15.4 Å². The van der Waals surface area contributed by atoms with Gasteiger partial charge in [0.1, 0.15) is 17.9 Å². The summed E-state index contributed by atoms with van der Waals surface area (Å²) in [5.41, 5.74) is 2.04. The minimum Gasteiger partial charge on any atom is -0.491 e. The van der Waals surface area contributed by atoms with E-state index in [2.05, 4.69) is 58.2 Å². The van der Waals surface area contributed by atoms with E-state index >= 15 is 0 Å². The summed E-state index contributed by atoms with van der Waals surface area (Å²) in [7, 11) is 0. The van der Waals surface area contributed by atoms with Crippen molar-refractivity contribution < 1.29 is 19.1 Å². The molecule has 4 rings (SSSR count). The van der Waals surface area contributed by atoms with Gasteiger partial charge in [0.15, 0.2) is 0 Å². The number of carbonyl (C=O) groups is 2. The standard InChI is InChI=1S/C29H33BrN6O4/c1-3-7-27(37)34-25-17-23-24(31-20-32-29(23)33-22-9-5-8-21(30)16-22)18-26(25)40-15-6-10-35-11-13-36(14-12-35)19-28(38)39-4-2/h5,8-9,16-18,20H,4,6,10-15,19H2,1-2H3,(H,34,37)(H,31,32,33). The zero-order chi connectivity index (χ0) is 28.3. The highest BCUT2D eigenvalue weighted by Crippen LogP contribution is 2.33. The molecule has 1 aliphatic rings. The Morgan fingerprint density at radius 3 is 2.65 bits per heavy atom. The molecule has 2 heterocycles. The van der Waals surface area contributed by atoms with Gasteiger partial charge in [-0.3, -0.25) is 14.5 Å². The molecule has 1 fully saturated rings. The number of halogens is 1. The molecule has 0 saturated carbocycles. The van der Waals surface area contributed by atoms with E-state index in [9.17, 15) is 9.59 Å². The van der Waals surface area contributed by atoms with Crippen LogP contribution in [0.1, 0.15) is 20.3 Å². The number of amides is 1. The molecule has 0 unspecified atom stereocenters. The molecule has 1 aromatic heterocycles. The normalized spacial score (nSPS) is 13.8. The van der Waals surface area contributed by atoms with Crippen LogP contribution in [-0.2, 0) is 14.3 Å². The molecule has 0 spiro atoms. The molecule has 0 radical (unpaired) electrons. The van der Waals surface area contributed by atoms with Gasteiger partial charge in [-0.15, -0.1) is 0 Å². The predicted molar refractivity (Wildman–Crippen MR) is 159 cm³/mol. The Bertz CT molecular complexity index is 1400. The lowest BCUT2D eigenvalue weighted by atomic mass is 10.1. The fraction of sp³-hybridized carbons (Fsp3) is 0.379. The molecule has 1 amide bonds. The summed E-state index contributed by atoms with van der Waals surface area (Å²) in [4.78, 5) is 37.4. The molecule has 3 aromatic rings. The second-order valence-electron chi connectivity index (χ2n) is 9.18. The van der Waals surface area contributed by atoms with Gasteiger partial charge in [0.25, 0.3) is 5.91 Å². The highest BCUT2D eigenvalue weighted by molar-refractivity contribution is 9.10. The number of anilines is 3. The van der Waals surface area contributed by atoms with Gasteiger partial charge in [0.2, 0.25) is 0 Å². The van der Waals surface area contributed by atoms with Crippen LogP contribution in [0.25, 0.3) is 10.9 Å². The number of carbonyl (C=O) groups excluding carboxylic acids is 2. The van der Waals surface area contributed by atoms with Gasteiger partial charge in [0, 0.05) is 54.3 Å². The number of esters is 1. The quantitative estimate of drug-likeness (QED) is 0.189. The number of hydrogen-bond donors (Lipinski definition) is 2. The number of fused-ring (bicyclic) bond motifs is 1. The minimum absolute atomic E-state index is 0.172. The average molecular weight is 610 g/mol. The number of hydrogen-bond acceptors (Lipinski definition) is 9. The molecule has 0 atom stereocenters. The molecule has 1 aliphatic heterocycles. The molecule has 210 valence electrons. The van der Waals surface area contributed by atoms with E-state index in [0.29, 0.717) is 42.5 Å². The first-order valence-corrected chi connectivity index (χ1v) is 14.0. The Kier molecular flexibility index (Phi) is 10.7. The lowest BCUT2D eigenvalue weighted by Crippen LogP contribution is -2.48. The van der Waals surface area contributed by atoms with Crippen molar-refractivity contribution in [3.63, 3.8) is 0 Å². The van der Waals surface area contributed by atoms with Gasteiger partial charge in [-0.2, -0.15) is 0 Å². The van der Waals surface area contributed by atoms with E-state index in [4.69, 9.17) is 9.47 Å². The number of nitrogens with zero attached hydrogens (tertiary/aromatic N) is 4. The first kappa shape index (κ1) is 29.3. The lowest BCUT2D eigenvalue weighted by molar-refractivity contribution is -0.144. The summed E-state index contributed by atoms with van der Waals surface area (Å²) in [5, 5.41) is 6.90. The second-order valence-corrected chi connectivity index (χ2v) is 10.1. The molecule has 2 N–H and O–H groups in total. The van der Waals surface area contributed by atoms with Crippen LogP contribution in [0.4, 0.5) is 17.2 Å². The maximum atomic E-state index is 12.3. The van der Waals surface area contributed by atoms with Crippen LogP contribution in [0, 0.1) is 11.8 Å². The summed E-state index contributed by atoms with van der Waals surface area (Å²) in [6.45, 7) is 8.94. The summed E-state index contributed by atoms with van der Waals surface area (Å²) in [6, 6.07) is 11.4. The third-order valence-electron chi connectivity index (χ3n) is 6.31. The van der Waals surface area contributed by atoms with Gasteiger partial charge < -0.3 is 25.0 Å². The number of ether oxygens (including phenoxy) is 2. The summed E-state index contributed by atoms with van der Waals surface area (Å²) in [6.07, 6.45) is 2.30. The third kappa shape index (κ3) is 8.39. The minimum atomic E-state index is -0.425. The highest BCUT2D eigenvalue weighted by Gasteiger charge is 2.19. The monoisotopic (exact) mass is 608 g/mol. The molecular weight excluding hydrogens is 576 g/mol. The smallest absolute Gasteiger partial charge is 0.320 e. The van der Waals surface area contributed by atoms with Crippen molar-refractivity contribution in [2.45, 2.75) is 20.3 Å². The molecule has 1 saturated heterocycles. The fourth-order valence-electron chi connectivity index (χ4n) is 4.40. The average Bonchev–Trinajstić information content (AvgIpc) is 2.93. The predicted octanol–water partition coefficient (Wildman–Crippen LogP) is 4.05. The van der Waals surface area contributed by atoms with Crippen LogP contribution in [0.5, 0.6) is 5.75 Å². The number of benzene rings is 2. The van der Waals surface area contributed by atoms with E-state index in [-0.39, 0.29) is 5.97 Å². The Labute approximate surface area is 242 Å². The highest BCUT2D eigenvalue weighted by atomic mass is 79.9. The Morgan fingerprint density at radius 1 is 1.10 bits per heavy atom. The fourth-order valence-corrected chi connectivity index (χ4v) is 4.80. The molecule has 10 nitrogen and oxygen atoms in total. The summed E-state index contributed by atoms with van der Waals surface area (Å²) < 4.78 is 12.1. The van der Waals surface area contributed by atoms with Crippen molar-refractivity contribution in [1.29, 1.82) is 0 Å². The van der Waals surface area contributed by atoms with Gasteiger partial charge in [-0.25, -0.2) is 9.97 Å². The number of nitrogens with one attached hydrogen (secondary N) is 2. The Hall–Kier alpha value is -3.72. The van der Waals surface area contributed by atoms with Gasteiger partial charge >= 0.3 is 5.97 Å². The first-order chi connectivity index (χ1) is 19.4. The number of aromatic nitrogens is 2. The maximum absolute atomic E-state index is 12.3. The third-order valence-corrected chi connectivity index (χ3v) is 6.80.